The van der Waals surface area contributed by atoms with Crippen LogP contribution in [0.15, 0.2) is 0 Å². The van der Waals surface area contributed by atoms with E-state index in [9.17, 15) is 14.4 Å². The summed E-state index contributed by atoms with van der Waals surface area (Å²) >= 11 is 0. The van der Waals surface area contributed by atoms with Crippen LogP contribution in [-0.4, -0.2) is 78.5 Å². The van der Waals surface area contributed by atoms with Crippen molar-refractivity contribution in [3.05, 3.63) is 0 Å². The number of ether oxygens (including phenoxy) is 1. The van der Waals surface area contributed by atoms with Gasteiger partial charge in [-0.3, -0.25) is 9.59 Å². The number of rotatable bonds is 7. The highest BCUT2D eigenvalue weighted by molar-refractivity contribution is 6.04. The average molecular weight is 355 g/mol. The van der Waals surface area contributed by atoms with Gasteiger partial charge in [-0.15, -0.1) is 0 Å². The van der Waals surface area contributed by atoms with Crippen molar-refractivity contribution in [1.29, 1.82) is 0 Å². The van der Waals surface area contributed by atoms with Crippen molar-refractivity contribution in [1.82, 2.24) is 14.7 Å². The molecule has 0 unspecified atom stereocenters. The van der Waals surface area contributed by atoms with E-state index in [0.717, 1.165) is 12.8 Å². The summed E-state index contributed by atoms with van der Waals surface area (Å²) in [5.41, 5.74) is -1.09. The van der Waals surface area contributed by atoms with Crippen LogP contribution in [0.3, 0.4) is 0 Å². The van der Waals surface area contributed by atoms with Gasteiger partial charge in [0.1, 0.15) is 5.41 Å². The highest BCUT2D eigenvalue weighted by atomic mass is 16.6. The highest BCUT2D eigenvalue weighted by Gasteiger charge is 2.42. The maximum atomic E-state index is 12.9. The molecule has 3 amide bonds. The lowest BCUT2D eigenvalue weighted by molar-refractivity contribution is -0.155. The van der Waals surface area contributed by atoms with Crippen molar-refractivity contribution in [2.75, 3.05) is 45.9 Å². The fourth-order valence-electron chi connectivity index (χ4n) is 3.04. The minimum Gasteiger partial charge on any atom is -0.450 e. The van der Waals surface area contributed by atoms with Crippen LogP contribution < -0.4 is 0 Å². The van der Waals surface area contributed by atoms with E-state index in [1.165, 1.54) is 0 Å². The summed E-state index contributed by atoms with van der Waals surface area (Å²) in [4.78, 5) is 42.6. The normalized spacial score (nSPS) is 15.1. The molecule has 0 N–H and O–H groups in total. The molecule has 1 aliphatic heterocycles. The molecule has 0 saturated carbocycles. The second-order valence-corrected chi connectivity index (χ2v) is 6.90. The molecule has 0 aromatic carbocycles. The Morgan fingerprint density at radius 2 is 1.40 bits per heavy atom. The van der Waals surface area contributed by atoms with Crippen LogP contribution in [0, 0.1) is 5.41 Å². The van der Waals surface area contributed by atoms with E-state index in [1.54, 1.807) is 35.5 Å². The van der Waals surface area contributed by atoms with E-state index >= 15 is 0 Å². The first kappa shape index (κ1) is 21.3. The van der Waals surface area contributed by atoms with Crippen molar-refractivity contribution < 1.29 is 19.1 Å². The van der Waals surface area contributed by atoms with Gasteiger partial charge in [-0.2, -0.15) is 0 Å². The third-order valence-electron chi connectivity index (χ3n) is 4.44. The fraction of sp³-hybridized carbons (Fsp3) is 0.833. The van der Waals surface area contributed by atoms with Crippen LogP contribution >= 0.6 is 0 Å². The minimum absolute atomic E-state index is 0.117. The quantitative estimate of drug-likeness (QED) is 0.655. The zero-order valence-corrected chi connectivity index (χ0v) is 16.3. The Morgan fingerprint density at radius 1 is 0.920 bits per heavy atom. The molecular weight excluding hydrogens is 322 g/mol. The Balaban J connectivity index is 2.71. The van der Waals surface area contributed by atoms with Crippen LogP contribution in [0.1, 0.15) is 47.5 Å². The lowest BCUT2D eigenvalue weighted by Crippen LogP contribution is -2.56. The van der Waals surface area contributed by atoms with Gasteiger partial charge < -0.3 is 19.4 Å². The third-order valence-corrected chi connectivity index (χ3v) is 4.44. The summed E-state index contributed by atoms with van der Waals surface area (Å²) in [6.45, 7) is 12.6. The first-order valence-electron chi connectivity index (χ1n) is 9.29. The summed E-state index contributed by atoms with van der Waals surface area (Å²) < 4.78 is 4.99. The molecule has 0 atom stereocenters. The molecule has 1 fully saturated rings. The molecule has 0 bridgehead atoms. The van der Waals surface area contributed by atoms with Crippen LogP contribution in [0.2, 0.25) is 0 Å². The number of amides is 3. The van der Waals surface area contributed by atoms with Crippen molar-refractivity contribution in [2.24, 2.45) is 5.41 Å². The zero-order valence-electron chi connectivity index (χ0n) is 16.3. The van der Waals surface area contributed by atoms with Crippen molar-refractivity contribution in [3.63, 3.8) is 0 Å². The molecule has 1 aliphatic rings. The maximum Gasteiger partial charge on any atom is 0.409 e. The maximum absolute atomic E-state index is 12.9. The Bertz CT molecular complexity index is 465. The van der Waals surface area contributed by atoms with Crippen molar-refractivity contribution >= 4 is 17.9 Å². The smallest absolute Gasteiger partial charge is 0.409 e. The number of piperazine rings is 1. The second kappa shape index (κ2) is 9.63. The molecule has 0 aliphatic carbocycles. The van der Waals surface area contributed by atoms with Crippen LogP contribution in [0.5, 0.6) is 0 Å². The van der Waals surface area contributed by atoms with Gasteiger partial charge in [-0.1, -0.05) is 13.8 Å². The number of carbonyl (C=O) groups is 3. The van der Waals surface area contributed by atoms with Gasteiger partial charge in [-0.05, 0) is 33.6 Å². The van der Waals surface area contributed by atoms with Crippen molar-refractivity contribution in [3.8, 4) is 0 Å². The zero-order chi connectivity index (χ0) is 19.0. The molecular formula is C18H33N3O4. The van der Waals surface area contributed by atoms with Gasteiger partial charge in [0.2, 0.25) is 11.8 Å². The standard InChI is InChI=1S/C18H33N3O4/c1-6-9-19(10-7-2)15(22)18(4,5)16(23)20-11-13-21(14-12-20)17(24)25-8-3/h6-14H2,1-5H3. The Labute approximate surface area is 151 Å². The van der Waals surface area contributed by atoms with Gasteiger partial charge in [0.25, 0.3) is 0 Å². The molecule has 1 rings (SSSR count). The molecule has 144 valence electrons. The number of hydrogen-bond acceptors (Lipinski definition) is 4. The van der Waals surface area contributed by atoms with E-state index in [2.05, 4.69) is 0 Å². The predicted molar refractivity (Wildman–Crippen MR) is 96.1 cm³/mol. The molecule has 0 aromatic rings. The average Bonchev–Trinajstić information content (AvgIpc) is 2.60. The van der Waals surface area contributed by atoms with Gasteiger partial charge in [-0.25, -0.2) is 4.79 Å². The Morgan fingerprint density at radius 3 is 1.84 bits per heavy atom. The van der Waals surface area contributed by atoms with Crippen molar-refractivity contribution in [2.45, 2.75) is 47.5 Å². The van der Waals surface area contributed by atoms with Gasteiger partial charge in [0.15, 0.2) is 0 Å². The summed E-state index contributed by atoms with van der Waals surface area (Å²) in [7, 11) is 0. The van der Waals surface area contributed by atoms with E-state index in [1.807, 2.05) is 13.8 Å². The van der Waals surface area contributed by atoms with Crippen LogP contribution in [0.25, 0.3) is 0 Å². The molecule has 0 aromatic heterocycles. The molecule has 1 heterocycles. The molecule has 7 heteroatoms. The monoisotopic (exact) mass is 355 g/mol. The molecule has 1 saturated heterocycles. The van der Waals surface area contributed by atoms with Crippen LogP contribution in [0.4, 0.5) is 4.79 Å². The minimum atomic E-state index is -1.09. The van der Waals surface area contributed by atoms with Crippen LogP contribution in [-0.2, 0) is 14.3 Å². The Hall–Kier alpha value is -1.79. The fourth-order valence-corrected chi connectivity index (χ4v) is 3.04. The molecule has 25 heavy (non-hydrogen) atoms. The lowest BCUT2D eigenvalue weighted by Gasteiger charge is -2.39. The third kappa shape index (κ3) is 5.34. The topological polar surface area (TPSA) is 70.2 Å². The van der Waals surface area contributed by atoms with E-state index in [-0.39, 0.29) is 17.9 Å². The largest absolute Gasteiger partial charge is 0.450 e. The van der Waals surface area contributed by atoms with Gasteiger partial charge in [0, 0.05) is 39.3 Å². The molecule has 0 spiro atoms. The van der Waals surface area contributed by atoms with E-state index in [0.29, 0.717) is 45.9 Å². The summed E-state index contributed by atoms with van der Waals surface area (Å²) in [5, 5.41) is 0. The predicted octanol–water partition coefficient (Wildman–Crippen LogP) is 1.96. The summed E-state index contributed by atoms with van der Waals surface area (Å²) in [6, 6.07) is 0. The van der Waals surface area contributed by atoms with Gasteiger partial charge >= 0.3 is 6.09 Å². The van der Waals surface area contributed by atoms with Gasteiger partial charge in [0.05, 0.1) is 6.61 Å². The number of hydrogen-bond donors (Lipinski definition) is 0. The number of carbonyl (C=O) groups excluding carboxylic acids is 3. The number of nitrogens with zero attached hydrogens (tertiary/aromatic N) is 3. The highest BCUT2D eigenvalue weighted by Crippen LogP contribution is 2.24. The van der Waals surface area contributed by atoms with E-state index in [4.69, 9.17) is 4.74 Å². The summed E-state index contributed by atoms with van der Waals surface area (Å²) in [5.74, 6) is -0.285. The Kier molecular flexibility index (Phi) is 8.19. The first-order chi connectivity index (χ1) is 11.8. The first-order valence-corrected chi connectivity index (χ1v) is 9.29. The van der Waals surface area contributed by atoms with E-state index < -0.39 is 5.41 Å². The SMILES string of the molecule is CCCN(CCC)C(=O)C(C)(C)C(=O)N1CCN(C(=O)OCC)CC1. The second-order valence-electron chi connectivity index (χ2n) is 6.90. The molecule has 0 radical (unpaired) electrons. The summed E-state index contributed by atoms with van der Waals surface area (Å²) in [6.07, 6.45) is 1.39. The lowest BCUT2D eigenvalue weighted by atomic mass is 9.89. The molecule has 7 nitrogen and oxygen atoms in total.